The minimum atomic E-state index is -0.519. The van der Waals surface area contributed by atoms with Crippen LogP contribution in [-0.2, 0) is 9.53 Å². The second-order valence-electron chi connectivity index (χ2n) is 6.43. The van der Waals surface area contributed by atoms with Gasteiger partial charge in [-0.05, 0) is 44.0 Å². The van der Waals surface area contributed by atoms with E-state index in [0.717, 1.165) is 16.7 Å². The van der Waals surface area contributed by atoms with Gasteiger partial charge in [0.25, 0.3) is 11.6 Å². The molecule has 0 aliphatic rings. The molecule has 0 aliphatic heterocycles. The van der Waals surface area contributed by atoms with Crippen molar-refractivity contribution in [1.82, 2.24) is 5.32 Å². The van der Waals surface area contributed by atoms with Gasteiger partial charge in [-0.25, -0.2) is 4.79 Å². The Kier molecular flexibility index (Phi) is 7.08. The Balaban J connectivity index is 1.73. The first-order valence-electron chi connectivity index (χ1n) is 8.78. The molecule has 0 saturated carbocycles. The van der Waals surface area contributed by atoms with Gasteiger partial charge < -0.3 is 15.4 Å². The number of carbonyl (C=O) groups is 2. The number of nitro benzene ring substituents is 1. The van der Waals surface area contributed by atoms with E-state index in [1.165, 1.54) is 12.1 Å². The zero-order valence-corrected chi connectivity index (χ0v) is 16.1. The molecule has 0 saturated heterocycles. The fourth-order valence-corrected chi connectivity index (χ4v) is 2.87. The molecule has 0 aliphatic carbocycles. The number of anilines is 1. The smallest absolute Gasteiger partial charge is 0.339 e. The monoisotopic (exact) mass is 385 g/mol. The normalized spacial score (nSPS) is 10.2. The third-order valence-corrected chi connectivity index (χ3v) is 4.07. The second-order valence-corrected chi connectivity index (χ2v) is 6.43. The fourth-order valence-electron chi connectivity index (χ4n) is 2.87. The molecule has 0 atom stereocenters. The number of carbonyl (C=O) groups excluding carboxylic acids is 2. The SMILES string of the molecule is Cc1cc(C)c(C(=O)OCC(=O)NCCNc2ccc([N+](=O)[O-])cc2)c(C)c1. The Morgan fingerprint density at radius 1 is 1.04 bits per heavy atom. The number of ether oxygens (including phenoxy) is 1. The number of nitrogens with zero attached hydrogens (tertiary/aromatic N) is 1. The van der Waals surface area contributed by atoms with Crippen molar-refractivity contribution in [2.45, 2.75) is 20.8 Å². The van der Waals surface area contributed by atoms with Crippen LogP contribution in [0, 0.1) is 30.9 Å². The van der Waals surface area contributed by atoms with Crippen LogP contribution in [0.3, 0.4) is 0 Å². The number of aryl methyl sites for hydroxylation is 3. The van der Waals surface area contributed by atoms with E-state index in [-0.39, 0.29) is 12.3 Å². The summed E-state index contributed by atoms with van der Waals surface area (Å²) in [6.07, 6.45) is 0. The van der Waals surface area contributed by atoms with Crippen molar-refractivity contribution >= 4 is 23.3 Å². The van der Waals surface area contributed by atoms with Gasteiger partial charge in [0, 0.05) is 30.9 Å². The minimum Gasteiger partial charge on any atom is -0.452 e. The predicted molar refractivity (Wildman–Crippen MR) is 106 cm³/mol. The van der Waals surface area contributed by atoms with Gasteiger partial charge in [0.05, 0.1) is 10.5 Å². The molecule has 0 aromatic heterocycles. The van der Waals surface area contributed by atoms with Gasteiger partial charge in [0.1, 0.15) is 0 Å². The van der Waals surface area contributed by atoms with Gasteiger partial charge in [-0.3, -0.25) is 14.9 Å². The van der Waals surface area contributed by atoms with Crippen LogP contribution in [0.15, 0.2) is 36.4 Å². The number of hydrogen-bond donors (Lipinski definition) is 2. The Morgan fingerprint density at radius 2 is 1.64 bits per heavy atom. The molecule has 2 N–H and O–H groups in total. The molecule has 8 heteroatoms. The van der Waals surface area contributed by atoms with Crippen molar-refractivity contribution in [1.29, 1.82) is 0 Å². The lowest BCUT2D eigenvalue weighted by atomic mass is 10.00. The summed E-state index contributed by atoms with van der Waals surface area (Å²) in [7, 11) is 0. The lowest BCUT2D eigenvalue weighted by Crippen LogP contribution is -2.32. The molecule has 0 spiro atoms. The number of amides is 1. The van der Waals surface area contributed by atoms with Gasteiger partial charge >= 0.3 is 5.97 Å². The van der Waals surface area contributed by atoms with Crippen LogP contribution < -0.4 is 10.6 Å². The van der Waals surface area contributed by atoms with Crippen LogP contribution in [-0.4, -0.2) is 36.5 Å². The van der Waals surface area contributed by atoms with E-state index in [1.54, 1.807) is 12.1 Å². The van der Waals surface area contributed by atoms with Crippen LogP contribution in [0.5, 0.6) is 0 Å². The molecule has 1 amide bonds. The maximum Gasteiger partial charge on any atom is 0.339 e. The number of non-ortho nitro benzene ring substituents is 1. The molecule has 8 nitrogen and oxygen atoms in total. The largest absolute Gasteiger partial charge is 0.452 e. The molecule has 148 valence electrons. The molecule has 0 bridgehead atoms. The van der Waals surface area contributed by atoms with E-state index in [1.807, 2.05) is 32.9 Å². The van der Waals surface area contributed by atoms with E-state index >= 15 is 0 Å². The first-order valence-corrected chi connectivity index (χ1v) is 8.78. The van der Waals surface area contributed by atoms with Gasteiger partial charge in [0.2, 0.25) is 0 Å². The summed E-state index contributed by atoms with van der Waals surface area (Å²) < 4.78 is 5.11. The van der Waals surface area contributed by atoms with Gasteiger partial charge in [-0.2, -0.15) is 0 Å². The lowest BCUT2D eigenvalue weighted by molar-refractivity contribution is -0.384. The van der Waals surface area contributed by atoms with Crippen molar-refractivity contribution < 1.29 is 19.2 Å². The highest BCUT2D eigenvalue weighted by molar-refractivity contribution is 5.94. The van der Waals surface area contributed by atoms with Crippen molar-refractivity contribution in [3.05, 3.63) is 68.8 Å². The summed E-state index contributed by atoms with van der Waals surface area (Å²) >= 11 is 0. The third kappa shape index (κ3) is 5.80. The molecule has 0 heterocycles. The third-order valence-electron chi connectivity index (χ3n) is 4.07. The highest BCUT2D eigenvalue weighted by Crippen LogP contribution is 2.17. The van der Waals surface area contributed by atoms with E-state index < -0.39 is 16.8 Å². The molecular weight excluding hydrogens is 362 g/mol. The molecule has 2 aromatic rings. The van der Waals surface area contributed by atoms with Crippen LogP contribution >= 0.6 is 0 Å². The number of hydrogen-bond acceptors (Lipinski definition) is 6. The summed E-state index contributed by atoms with van der Waals surface area (Å²) in [4.78, 5) is 34.2. The average molecular weight is 385 g/mol. The van der Waals surface area contributed by atoms with Gasteiger partial charge in [-0.1, -0.05) is 17.7 Å². The average Bonchev–Trinajstić information content (AvgIpc) is 2.63. The Labute approximate surface area is 163 Å². The van der Waals surface area contributed by atoms with E-state index in [9.17, 15) is 19.7 Å². The molecule has 28 heavy (non-hydrogen) atoms. The van der Waals surface area contributed by atoms with Crippen molar-refractivity contribution in [2.75, 3.05) is 25.0 Å². The number of benzene rings is 2. The maximum atomic E-state index is 12.2. The zero-order valence-electron chi connectivity index (χ0n) is 16.1. The van der Waals surface area contributed by atoms with Gasteiger partial charge in [0.15, 0.2) is 6.61 Å². The number of rotatable bonds is 8. The molecule has 0 radical (unpaired) electrons. The van der Waals surface area contributed by atoms with Crippen LogP contribution in [0.2, 0.25) is 0 Å². The van der Waals surface area contributed by atoms with Crippen molar-refractivity contribution in [3.63, 3.8) is 0 Å². The Bertz CT molecular complexity index is 855. The minimum absolute atomic E-state index is 0.0136. The number of nitro groups is 1. The molecular formula is C20H23N3O5. The quantitative estimate of drug-likeness (QED) is 0.313. The van der Waals surface area contributed by atoms with Crippen LogP contribution in [0.4, 0.5) is 11.4 Å². The highest BCUT2D eigenvalue weighted by Gasteiger charge is 2.15. The fraction of sp³-hybridized carbons (Fsp3) is 0.300. The molecule has 2 aromatic carbocycles. The molecule has 2 rings (SSSR count). The first kappa shape index (κ1) is 20.9. The standard InChI is InChI=1S/C20H23N3O5/c1-13-10-14(2)19(15(3)11-13)20(25)28-12-18(24)22-9-8-21-16-4-6-17(7-5-16)23(26)27/h4-7,10-11,21H,8-9,12H2,1-3H3,(H,22,24). The predicted octanol–water partition coefficient (Wildman–Crippen LogP) is 2.91. The van der Waals surface area contributed by atoms with E-state index in [2.05, 4.69) is 10.6 Å². The topological polar surface area (TPSA) is 111 Å². The van der Waals surface area contributed by atoms with Crippen molar-refractivity contribution in [3.8, 4) is 0 Å². The maximum absolute atomic E-state index is 12.2. The number of nitrogens with one attached hydrogen (secondary N) is 2. The Morgan fingerprint density at radius 3 is 2.21 bits per heavy atom. The lowest BCUT2D eigenvalue weighted by Gasteiger charge is -2.11. The molecule has 0 fully saturated rings. The van der Waals surface area contributed by atoms with Crippen LogP contribution in [0.25, 0.3) is 0 Å². The summed E-state index contributed by atoms with van der Waals surface area (Å²) in [6, 6.07) is 9.77. The summed E-state index contributed by atoms with van der Waals surface area (Å²) in [5, 5.41) is 16.3. The summed E-state index contributed by atoms with van der Waals surface area (Å²) in [5.74, 6) is -0.921. The van der Waals surface area contributed by atoms with Crippen molar-refractivity contribution in [2.24, 2.45) is 0 Å². The van der Waals surface area contributed by atoms with Gasteiger partial charge in [-0.15, -0.1) is 0 Å². The number of esters is 1. The zero-order chi connectivity index (χ0) is 20.7. The van der Waals surface area contributed by atoms with E-state index in [4.69, 9.17) is 4.74 Å². The van der Waals surface area contributed by atoms with Crippen LogP contribution in [0.1, 0.15) is 27.0 Å². The summed E-state index contributed by atoms with van der Waals surface area (Å²) in [5.41, 5.74) is 3.89. The Hall–Kier alpha value is -3.42. The first-order chi connectivity index (χ1) is 13.3. The highest BCUT2D eigenvalue weighted by atomic mass is 16.6. The van der Waals surface area contributed by atoms with E-state index in [0.29, 0.717) is 24.3 Å². The second kappa shape index (κ2) is 9.50. The summed E-state index contributed by atoms with van der Waals surface area (Å²) in [6.45, 7) is 6.00. The molecule has 0 unspecified atom stereocenters.